The van der Waals surface area contributed by atoms with Crippen molar-refractivity contribution in [3.8, 4) is 0 Å². The van der Waals surface area contributed by atoms with Crippen LogP contribution in [-0.2, 0) is 16.6 Å². The summed E-state index contributed by atoms with van der Waals surface area (Å²) in [5.74, 6) is 0.0190. The lowest BCUT2D eigenvalue weighted by molar-refractivity contribution is 0.0939. The van der Waals surface area contributed by atoms with Crippen LogP contribution in [0.25, 0.3) is 0 Å². The van der Waals surface area contributed by atoms with Crippen LogP contribution in [0, 0.1) is 0 Å². The number of furan rings is 1. The fraction of sp³-hybridized carbons (Fsp3) is 0.150. The summed E-state index contributed by atoms with van der Waals surface area (Å²) in [5, 5.41) is 3.39. The largest absolute Gasteiger partial charge is 0.468 e. The molecule has 0 aliphatic heterocycles. The molecule has 0 radical (unpaired) electrons. The van der Waals surface area contributed by atoms with E-state index >= 15 is 0 Å². The first-order chi connectivity index (χ1) is 13.8. The molecule has 29 heavy (non-hydrogen) atoms. The highest BCUT2D eigenvalue weighted by atomic mass is 35.5. The molecule has 0 saturated heterocycles. The fourth-order valence-corrected chi connectivity index (χ4v) is 4.36. The van der Waals surface area contributed by atoms with E-state index in [2.05, 4.69) is 10.0 Å². The first-order valence-electron chi connectivity index (χ1n) is 8.64. The normalized spacial score (nSPS) is 12.5. The molecular formula is C20H18Cl2N2O4S. The molecule has 0 aliphatic rings. The summed E-state index contributed by atoms with van der Waals surface area (Å²) in [6, 6.07) is 14.2. The molecule has 1 aromatic heterocycles. The number of nitrogens with one attached hydrogen (secondary N) is 2. The van der Waals surface area contributed by atoms with E-state index in [-0.39, 0.29) is 28.1 Å². The molecule has 6 nitrogen and oxygen atoms in total. The summed E-state index contributed by atoms with van der Waals surface area (Å²) in [6.45, 7) is 1.77. The van der Waals surface area contributed by atoms with Crippen molar-refractivity contribution in [3.63, 3.8) is 0 Å². The Kier molecular flexibility index (Phi) is 6.64. The number of carbonyl (C=O) groups is 1. The van der Waals surface area contributed by atoms with Crippen molar-refractivity contribution in [1.29, 1.82) is 0 Å². The number of sulfonamides is 1. The molecule has 3 aromatic rings. The fourth-order valence-electron chi connectivity index (χ4n) is 2.65. The van der Waals surface area contributed by atoms with Gasteiger partial charge in [0.25, 0.3) is 5.91 Å². The van der Waals surface area contributed by atoms with Crippen molar-refractivity contribution < 1.29 is 17.6 Å². The van der Waals surface area contributed by atoms with E-state index in [0.29, 0.717) is 10.8 Å². The monoisotopic (exact) mass is 452 g/mol. The number of hydrogen-bond donors (Lipinski definition) is 2. The highest BCUT2D eigenvalue weighted by Gasteiger charge is 2.21. The van der Waals surface area contributed by atoms with Crippen LogP contribution in [0.2, 0.25) is 10.0 Å². The van der Waals surface area contributed by atoms with Gasteiger partial charge in [0, 0.05) is 10.6 Å². The van der Waals surface area contributed by atoms with Crippen LogP contribution < -0.4 is 10.0 Å². The molecule has 0 saturated carbocycles. The molecule has 0 fully saturated rings. The van der Waals surface area contributed by atoms with Crippen molar-refractivity contribution in [1.82, 2.24) is 10.0 Å². The molecule has 152 valence electrons. The standard InChI is InChI=1S/C20H18Cl2N2O4S/c1-13(14-4-2-5-16(21)10-14)24-20(25)15-7-8-18(22)19(11-15)29(26,27)23-12-17-6-3-9-28-17/h2-11,13,23H,12H2,1H3,(H,24,25). The van der Waals surface area contributed by atoms with Gasteiger partial charge in [-0.1, -0.05) is 35.3 Å². The van der Waals surface area contributed by atoms with Crippen LogP contribution >= 0.6 is 23.2 Å². The number of halogens is 2. The number of benzene rings is 2. The minimum atomic E-state index is -3.95. The minimum Gasteiger partial charge on any atom is -0.468 e. The van der Waals surface area contributed by atoms with Crippen LogP contribution in [0.3, 0.4) is 0 Å². The molecule has 1 amide bonds. The molecule has 1 unspecified atom stereocenters. The zero-order chi connectivity index (χ0) is 21.0. The molecule has 2 N–H and O–H groups in total. The molecule has 0 aliphatic carbocycles. The Balaban J connectivity index is 1.77. The molecule has 2 aromatic carbocycles. The van der Waals surface area contributed by atoms with Gasteiger partial charge in [-0.3, -0.25) is 4.79 Å². The maximum atomic E-state index is 12.6. The van der Waals surface area contributed by atoms with Gasteiger partial charge in [-0.2, -0.15) is 0 Å². The predicted molar refractivity (Wildman–Crippen MR) is 112 cm³/mol. The number of hydrogen-bond acceptors (Lipinski definition) is 4. The summed E-state index contributed by atoms with van der Waals surface area (Å²) in [5.41, 5.74) is 0.995. The molecule has 9 heteroatoms. The van der Waals surface area contributed by atoms with Gasteiger partial charge >= 0.3 is 0 Å². The van der Waals surface area contributed by atoms with Gasteiger partial charge in [-0.25, -0.2) is 13.1 Å². The Bertz CT molecular complexity index is 1120. The Morgan fingerprint density at radius 2 is 1.90 bits per heavy atom. The van der Waals surface area contributed by atoms with Crippen LogP contribution in [-0.4, -0.2) is 14.3 Å². The summed E-state index contributed by atoms with van der Waals surface area (Å²) < 4.78 is 32.8. The zero-order valence-corrected chi connectivity index (χ0v) is 17.7. The Hall–Kier alpha value is -2.32. The third kappa shape index (κ3) is 5.39. The third-order valence-electron chi connectivity index (χ3n) is 4.20. The minimum absolute atomic E-state index is 0.0105. The first-order valence-corrected chi connectivity index (χ1v) is 10.9. The topological polar surface area (TPSA) is 88.4 Å². The van der Waals surface area contributed by atoms with Gasteiger partial charge in [0.15, 0.2) is 0 Å². The van der Waals surface area contributed by atoms with Crippen LogP contribution in [0.1, 0.15) is 34.6 Å². The average molecular weight is 453 g/mol. The van der Waals surface area contributed by atoms with Crippen molar-refractivity contribution in [2.75, 3.05) is 0 Å². The third-order valence-corrected chi connectivity index (χ3v) is 6.31. The van der Waals surface area contributed by atoms with E-state index in [1.54, 1.807) is 30.3 Å². The highest BCUT2D eigenvalue weighted by Crippen LogP contribution is 2.24. The van der Waals surface area contributed by atoms with E-state index in [9.17, 15) is 13.2 Å². The van der Waals surface area contributed by atoms with Gasteiger partial charge in [0.05, 0.1) is 23.9 Å². The van der Waals surface area contributed by atoms with E-state index in [1.165, 1.54) is 24.5 Å². The summed E-state index contributed by atoms with van der Waals surface area (Å²) in [6.07, 6.45) is 1.45. The maximum Gasteiger partial charge on any atom is 0.251 e. The van der Waals surface area contributed by atoms with Gasteiger partial charge in [0.1, 0.15) is 10.7 Å². The Morgan fingerprint density at radius 3 is 2.59 bits per heavy atom. The van der Waals surface area contributed by atoms with E-state index < -0.39 is 15.9 Å². The Labute approximate surface area is 178 Å². The van der Waals surface area contributed by atoms with Gasteiger partial charge in [-0.05, 0) is 55.0 Å². The number of carbonyl (C=O) groups excluding carboxylic acids is 1. The van der Waals surface area contributed by atoms with E-state index in [4.69, 9.17) is 27.6 Å². The van der Waals surface area contributed by atoms with Crippen molar-refractivity contribution in [2.45, 2.75) is 24.4 Å². The molecular weight excluding hydrogens is 435 g/mol. The van der Waals surface area contributed by atoms with Crippen molar-refractivity contribution >= 4 is 39.1 Å². The summed E-state index contributed by atoms with van der Waals surface area (Å²) in [4.78, 5) is 12.4. The molecule has 3 rings (SSSR count). The van der Waals surface area contributed by atoms with Gasteiger partial charge in [-0.15, -0.1) is 0 Å². The number of rotatable bonds is 7. The SMILES string of the molecule is CC(NC(=O)c1ccc(Cl)c(S(=O)(=O)NCc2ccco2)c1)c1cccc(Cl)c1. The van der Waals surface area contributed by atoms with Crippen LogP contribution in [0.4, 0.5) is 0 Å². The average Bonchev–Trinajstić information content (AvgIpc) is 3.20. The molecule has 0 spiro atoms. The molecule has 1 atom stereocenters. The van der Waals surface area contributed by atoms with Crippen LogP contribution in [0.15, 0.2) is 70.2 Å². The van der Waals surface area contributed by atoms with Crippen molar-refractivity contribution in [3.05, 3.63) is 87.8 Å². The second-order valence-corrected chi connectivity index (χ2v) is 8.88. The summed E-state index contributed by atoms with van der Waals surface area (Å²) >= 11 is 12.1. The lowest BCUT2D eigenvalue weighted by Crippen LogP contribution is -2.27. The quantitative estimate of drug-likeness (QED) is 0.549. The second kappa shape index (κ2) is 9.00. The maximum absolute atomic E-state index is 12.6. The van der Waals surface area contributed by atoms with Crippen molar-refractivity contribution in [2.24, 2.45) is 0 Å². The second-order valence-electron chi connectivity index (χ2n) is 6.30. The number of amides is 1. The van der Waals surface area contributed by atoms with E-state index in [0.717, 1.165) is 5.56 Å². The van der Waals surface area contributed by atoms with Crippen LogP contribution in [0.5, 0.6) is 0 Å². The predicted octanol–water partition coefficient (Wildman–Crippen LogP) is 4.56. The smallest absolute Gasteiger partial charge is 0.251 e. The zero-order valence-electron chi connectivity index (χ0n) is 15.4. The molecule has 0 bridgehead atoms. The highest BCUT2D eigenvalue weighted by molar-refractivity contribution is 7.89. The lowest BCUT2D eigenvalue weighted by Gasteiger charge is -2.15. The molecule has 1 heterocycles. The first kappa shape index (κ1) is 21.4. The van der Waals surface area contributed by atoms with Gasteiger partial charge < -0.3 is 9.73 Å². The van der Waals surface area contributed by atoms with Gasteiger partial charge in [0.2, 0.25) is 10.0 Å². The van der Waals surface area contributed by atoms with E-state index in [1.807, 2.05) is 13.0 Å². The Morgan fingerprint density at radius 1 is 1.10 bits per heavy atom. The lowest BCUT2D eigenvalue weighted by atomic mass is 10.1. The summed E-state index contributed by atoms with van der Waals surface area (Å²) in [7, 11) is -3.95.